The number of methoxy groups -OCH3 is 4. The summed E-state index contributed by atoms with van der Waals surface area (Å²) in [5.74, 6) is 1.87. The van der Waals surface area contributed by atoms with Gasteiger partial charge in [0.1, 0.15) is 11.5 Å². The van der Waals surface area contributed by atoms with Crippen LogP contribution >= 0.6 is 15.9 Å². The van der Waals surface area contributed by atoms with Crippen molar-refractivity contribution in [1.82, 2.24) is 5.43 Å². The minimum atomic E-state index is -0.658. The fourth-order valence-corrected chi connectivity index (χ4v) is 4.53. The van der Waals surface area contributed by atoms with Crippen molar-refractivity contribution in [2.45, 2.75) is 13.0 Å². The molecule has 0 saturated carbocycles. The highest BCUT2D eigenvalue weighted by molar-refractivity contribution is 9.10. The van der Waals surface area contributed by atoms with Crippen molar-refractivity contribution in [1.29, 1.82) is 0 Å². The summed E-state index contributed by atoms with van der Waals surface area (Å²) < 4.78 is 33.3. The van der Waals surface area contributed by atoms with Gasteiger partial charge in [-0.1, -0.05) is 12.1 Å². The predicted octanol–water partition coefficient (Wildman–Crippen LogP) is 3.43. The van der Waals surface area contributed by atoms with E-state index in [1.54, 1.807) is 25.3 Å². The molecule has 2 aromatic carbocycles. The summed E-state index contributed by atoms with van der Waals surface area (Å²) in [6, 6.07) is 5.24. The molecule has 2 heterocycles. The van der Waals surface area contributed by atoms with Gasteiger partial charge in [0.2, 0.25) is 18.3 Å². The number of fused-ring (bicyclic) bond motifs is 1. The van der Waals surface area contributed by atoms with E-state index in [1.807, 2.05) is 6.92 Å². The summed E-state index contributed by atoms with van der Waals surface area (Å²) in [6.45, 7) is 1.86. The van der Waals surface area contributed by atoms with E-state index in [-0.39, 0.29) is 12.5 Å². The van der Waals surface area contributed by atoms with E-state index >= 15 is 0 Å². The summed E-state index contributed by atoms with van der Waals surface area (Å²) in [7, 11) is 6.11. The number of benzene rings is 2. The highest BCUT2D eigenvalue weighted by Gasteiger charge is 2.42. The van der Waals surface area contributed by atoms with Crippen LogP contribution in [0.5, 0.6) is 34.5 Å². The third-order valence-corrected chi connectivity index (χ3v) is 6.38. The van der Waals surface area contributed by atoms with Crippen LogP contribution in [-0.2, 0) is 9.63 Å². The smallest absolute Gasteiger partial charge is 0.289 e. The number of hydrogen-bond donors (Lipinski definition) is 1. The average Bonchev–Trinajstić information content (AvgIpc) is 3.51. The van der Waals surface area contributed by atoms with Crippen LogP contribution in [0.2, 0.25) is 0 Å². The van der Waals surface area contributed by atoms with Gasteiger partial charge in [-0.25, -0.2) is 5.43 Å². The number of amides is 1. The van der Waals surface area contributed by atoms with Crippen LogP contribution in [0.15, 0.2) is 32.9 Å². The molecule has 0 fully saturated rings. The second-order valence-corrected chi connectivity index (χ2v) is 8.25. The Morgan fingerprint density at radius 1 is 1.11 bits per heavy atom. The number of nitrogens with zero attached hydrogens (tertiary/aromatic N) is 2. The lowest BCUT2D eigenvalue weighted by Crippen LogP contribution is -2.31. The zero-order valence-electron chi connectivity index (χ0n) is 19.7. The number of hydrogen-bond acceptors (Lipinski definition) is 10. The Morgan fingerprint density at radius 2 is 1.86 bits per heavy atom. The molecule has 2 aliphatic rings. The first-order chi connectivity index (χ1) is 16.9. The van der Waals surface area contributed by atoms with Crippen LogP contribution in [0.3, 0.4) is 0 Å². The van der Waals surface area contributed by atoms with Crippen molar-refractivity contribution in [2.75, 3.05) is 35.2 Å². The Balaban J connectivity index is 1.53. The van der Waals surface area contributed by atoms with Crippen LogP contribution in [0.1, 0.15) is 24.2 Å². The summed E-state index contributed by atoms with van der Waals surface area (Å²) in [5, 5.41) is 8.06. The minimum absolute atomic E-state index is 0.0408. The molecular weight excluding hydrogens is 526 g/mol. The van der Waals surface area contributed by atoms with Gasteiger partial charge in [-0.3, -0.25) is 4.79 Å². The molecule has 1 N–H and O–H groups in total. The fraction of sp³-hybridized carbons (Fsp3) is 0.348. The Bertz CT molecular complexity index is 1200. The fourth-order valence-electron chi connectivity index (χ4n) is 3.82. The summed E-state index contributed by atoms with van der Waals surface area (Å²) in [5.41, 5.74) is 3.89. The minimum Gasteiger partial charge on any atom is -0.497 e. The van der Waals surface area contributed by atoms with Gasteiger partial charge in [0.15, 0.2) is 23.3 Å². The molecule has 2 aromatic rings. The molecule has 2 atom stereocenters. The molecule has 0 saturated heterocycles. The molecule has 1 amide bonds. The van der Waals surface area contributed by atoms with E-state index in [4.69, 9.17) is 33.3 Å². The molecule has 0 aromatic heterocycles. The van der Waals surface area contributed by atoms with Crippen molar-refractivity contribution < 1.29 is 38.1 Å². The Morgan fingerprint density at radius 3 is 2.54 bits per heavy atom. The Labute approximate surface area is 210 Å². The lowest BCUT2D eigenvalue weighted by Gasteiger charge is -2.22. The molecule has 0 radical (unpaired) electrons. The number of halogens is 1. The third kappa shape index (κ3) is 4.41. The quantitative estimate of drug-likeness (QED) is 0.393. The largest absolute Gasteiger partial charge is 0.497 e. The first kappa shape index (κ1) is 24.5. The van der Waals surface area contributed by atoms with E-state index in [1.165, 1.54) is 27.5 Å². The van der Waals surface area contributed by atoms with E-state index < -0.39 is 17.9 Å². The zero-order chi connectivity index (χ0) is 25.1. The zero-order valence-corrected chi connectivity index (χ0v) is 21.3. The second-order valence-electron chi connectivity index (χ2n) is 7.46. The van der Waals surface area contributed by atoms with E-state index in [0.717, 1.165) is 0 Å². The van der Waals surface area contributed by atoms with Crippen molar-refractivity contribution in [3.05, 3.63) is 33.8 Å². The van der Waals surface area contributed by atoms with Crippen molar-refractivity contribution >= 4 is 33.8 Å². The maximum atomic E-state index is 12.8. The Kier molecular flexibility index (Phi) is 7.20. The molecule has 2 aliphatic heterocycles. The lowest BCUT2D eigenvalue weighted by atomic mass is 9.92. The number of nitrogens with one attached hydrogen (secondary N) is 1. The first-order valence-electron chi connectivity index (χ1n) is 10.5. The van der Waals surface area contributed by atoms with Gasteiger partial charge in [0.05, 0.1) is 50.6 Å². The molecule has 0 aliphatic carbocycles. The van der Waals surface area contributed by atoms with Gasteiger partial charge >= 0.3 is 0 Å². The van der Waals surface area contributed by atoms with Gasteiger partial charge in [-0.2, -0.15) is 5.10 Å². The molecule has 35 heavy (non-hydrogen) atoms. The maximum absolute atomic E-state index is 12.8. The van der Waals surface area contributed by atoms with Gasteiger partial charge in [0, 0.05) is 11.6 Å². The maximum Gasteiger partial charge on any atom is 0.289 e. The number of carbonyl (C=O) groups is 1. The molecule has 4 rings (SSSR count). The standard InChI is InChI=1S/C23H24BrN3O8/c1-11-17(23(28)26-25-9-12-6-7-13(29-2)8-14(12)30-3)27-35-18(11)15-16(24)20-22(34-10-33-20)21(32-5)19(15)31-4/h6-9,11,18H,10H2,1-5H3,(H,26,28)/b25-9-/t11-,18+/m1/s1. The molecule has 11 nitrogen and oxygen atoms in total. The highest BCUT2D eigenvalue weighted by Crippen LogP contribution is 2.57. The molecule has 0 spiro atoms. The van der Waals surface area contributed by atoms with Gasteiger partial charge in [0.25, 0.3) is 5.91 Å². The predicted molar refractivity (Wildman–Crippen MR) is 129 cm³/mol. The number of hydrazone groups is 1. The number of rotatable bonds is 8. The van der Waals surface area contributed by atoms with Crippen molar-refractivity contribution in [3.63, 3.8) is 0 Å². The summed E-state index contributed by atoms with van der Waals surface area (Å²) in [4.78, 5) is 18.5. The molecule has 186 valence electrons. The number of ether oxygens (including phenoxy) is 6. The van der Waals surface area contributed by atoms with Crippen LogP contribution in [0.4, 0.5) is 0 Å². The van der Waals surface area contributed by atoms with E-state index in [0.29, 0.717) is 50.1 Å². The number of oxime groups is 1. The third-order valence-electron chi connectivity index (χ3n) is 5.59. The summed E-state index contributed by atoms with van der Waals surface area (Å²) >= 11 is 3.56. The van der Waals surface area contributed by atoms with Gasteiger partial charge in [-0.05, 0) is 28.1 Å². The molecule has 0 bridgehead atoms. The Hall–Kier alpha value is -3.67. The second kappa shape index (κ2) is 10.3. The SMILES string of the molecule is COc1ccc(/C=N\NC(=O)C2=NO[C@H](c3c(Br)c4c(c(OC)c3OC)OCO4)[C@@H]2C)c(OC)c1. The molecule has 0 unspecified atom stereocenters. The molecule has 12 heteroatoms. The number of carbonyl (C=O) groups excluding carboxylic acids is 1. The van der Waals surface area contributed by atoms with Crippen LogP contribution < -0.4 is 33.8 Å². The van der Waals surface area contributed by atoms with E-state index in [2.05, 4.69) is 31.6 Å². The summed E-state index contributed by atoms with van der Waals surface area (Å²) in [6.07, 6.45) is 0.811. The lowest BCUT2D eigenvalue weighted by molar-refractivity contribution is -0.115. The average molecular weight is 550 g/mol. The van der Waals surface area contributed by atoms with Gasteiger partial charge in [-0.15, -0.1) is 0 Å². The first-order valence-corrected chi connectivity index (χ1v) is 11.3. The highest BCUT2D eigenvalue weighted by atomic mass is 79.9. The van der Waals surface area contributed by atoms with Crippen LogP contribution in [0.25, 0.3) is 0 Å². The monoisotopic (exact) mass is 549 g/mol. The van der Waals surface area contributed by atoms with Crippen molar-refractivity contribution in [3.8, 4) is 34.5 Å². The van der Waals surface area contributed by atoms with E-state index in [9.17, 15) is 4.79 Å². The van der Waals surface area contributed by atoms with Gasteiger partial charge < -0.3 is 33.3 Å². The van der Waals surface area contributed by atoms with Crippen molar-refractivity contribution in [2.24, 2.45) is 16.2 Å². The topological polar surface area (TPSA) is 118 Å². The normalized spacial score (nSPS) is 18.2. The molecular formula is C23H24BrN3O8. The van der Waals surface area contributed by atoms with Crippen LogP contribution in [0, 0.1) is 5.92 Å². The van der Waals surface area contributed by atoms with Crippen LogP contribution in [-0.4, -0.2) is 53.1 Å².